The zero-order valence-corrected chi connectivity index (χ0v) is 12.3. The van der Waals surface area contributed by atoms with Gasteiger partial charge in [0.25, 0.3) is 0 Å². The maximum atomic E-state index is 11.6. The molecule has 1 atom stereocenters. The molecule has 0 aromatic heterocycles. The van der Waals surface area contributed by atoms with Crippen molar-refractivity contribution >= 4 is 33.4 Å². The molecular weight excluding hydrogens is 316 g/mol. The summed E-state index contributed by atoms with van der Waals surface area (Å²) in [4.78, 5) is 11.6. The van der Waals surface area contributed by atoms with E-state index >= 15 is 0 Å². The van der Waals surface area contributed by atoms with Crippen LogP contribution in [-0.2, 0) is 4.79 Å². The molecule has 0 radical (unpaired) electrons. The number of rotatable bonds is 4. The third-order valence-electron chi connectivity index (χ3n) is 3.32. The van der Waals surface area contributed by atoms with Crippen molar-refractivity contribution in [1.29, 1.82) is 0 Å². The normalized spacial score (nSPS) is 17.9. The number of nitrogens with one attached hydrogen (secondary N) is 1. The standard InChI is InChI=1S/C13H16BrClN2O/c14-8-5-6-10(11(15)7-8)12(13(16)18)17-9-3-1-2-4-9/h5-7,9,12,17H,1-4H2,(H2,16,18). The van der Waals surface area contributed by atoms with Gasteiger partial charge in [-0.15, -0.1) is 0 Å². The fraction of sp³-hybridized carbons (Fsp3) is 0.462. The van der Waals surface area contributed by atoms with Crippen LogP contribution in [0.3, 0.4) is 0 Å². The van der Waals surface area contributed by atoms with Crippen LogP contribution >= 0.6 is 27.5 Å². The number of primary amides is 1. The smallest absolute Gasteiger partial charge is 0.239 e. The summed E-state index contributed by atoms with van der Waals surface area (Å²) >= 11 is 9.53. The maximum Gasteiger partial charge on any atom is 0.239 e. The van der Waals surface area contributed by atoms with E-state index in [9.17, 15) is 4.79 Å². The number of hydrogen-bond acceptors (Lipinski definition) is 2. The zero-order chi connectivity index (χ0) is 13.1. The molecule has 5 heteroatoms. The third kappa shape index (κ3) is 3.25. The molecule has 1 unspecified atom stereocenters. The molecule has 0 bridgehead atoms. The molecule has 0 saturated heterocycles. The van der Waals surface area contributed by atoms with Gasteiger partial charge in [-0.2, -0.15) is 0 Å². The van der Waals surface area contributed by atoms with Gasteiger partial charge in [0, 0.05) is 15.5 Å². The van der Waals surface area contributed by atoms with Gasteiger partial charge in [0.2, 0.25) is 5.91 Å². The molecule has 1 amide bonds. The minimum Gasteiger partial charge on any atom is -0.368 e. The highest BCUT2D eigenvalue weighted by atomic mass is 79.9. The van der Waals surface area contributed by atoms with Crippen LogP contribution in [0.2, 0.25) is 5.02 Å². The average Bonchev–Trinajstić information content (AvgIpc) is 2.79. The Morgan fingerprint density at radius 1 is 1.44 bits per heavy atom. The quantitative estimate of drug-likeness (QED) is 0.890. The van der Waals surface area contributed by atoms with E-state index in [1.165, 1.54) is 12.8 Å². The summed E-state index contributed by atoms with van der Waals surface area (Å²) in [5.74, 6) is -0.383. The number of amides is 1. The fourth-order valence-corrected chi connectivity index (χ4v) is 3.17. The minimum atomic E-state index is -0.506. The van der Waals surface area contributed by atoms with Gasteiger partial charge in [0.1, 0.15) is 6.04 Å². The van der Waals surface area contributed by atoms with Gasteiger partial charge < -0.3 is 5.73 Å². The van der Waals surface area contributed by atoms with Crippen LogP contribution < -0.4 is 11.1 Å². The second-order valence-electron chi connectivity index (χ2n) is 4.65. The van der Waals surface area contributed by atoms with Crippen molar-refractivity contribution in [1.82, 2.24) is 5.32 Å². The van der Waals surface area contributed by atoms with Gasteiger partial charge in [0.05, 0.1) is 0 Å². The van der Waals surface area contributed by atoms with Gasteiger partial charge in [-0.1, -0.05) is 46.4 Å². The van der Waals surface area contributed by atoms with E-state index in [4.69, 9.17) is 17.3 Å². The summed E-state index contributed by atoms with van der Waals surface area (Å²) in [6.45, 7) is 0. The van der Waals surface area contributed by atoms with Gasteiger partial charge in [-0.05, 0) is 30.5 Å². The summed E-state index contributed by atoms with van der Waals surface area (Å²) in [5, 5.41) is 3.87. The van der Waals surface area contributed by atoms with Crippen molar-refractivity contribution in [2.24, 2.45) is 5.73 Å². The van der Waals surface area contributed by atoms with Crippen molar-refractivity contribution in [2.75, 3.05) is 0 Å². The first-order chi connectivity index (χ1) is 8.58. The Labute approximate surface area is 120 Å². The van der Waals surface area contributed by atoms with E-state index in [1.807, 2.05) is 12.1 Å². The Morgan fingerprint density at radius 2 is 2.11 bits per heavy atom. The molecule has 0 heterocycles. The second-order valence-corrected chi connectivity index (χ2v) is 5.97. The Hall–Kier alpha value is -0.580. The van der Waals surface area contributed by atoms with E-state index in [2.05, 4.69) is 21.2 Å². The van der Waals surface area contributed by atoms with Gasteiger partial charge >= 0.3 is 0 Å². The number of nitrogens with two attached hydrogens (primary N) is 1. The number of halogens is 2. The van der Waals surface area contributed by atoms with Crippen molar-refractivity contribution in [3.8, 4) is 0 Å². The minimum absolute atomic E-state index is 0.363. The second kappa shape index (κ2) is 6.04. The molecule has 3 nitrogen and oxygen atoms in total. The van der Waals surface area contributed by atoms with E-state index in [0.29, 0.717) is 11.1 Å². The maximum absolute atomic E-state index is 11.6. The molecule has 3 N–H and O–H groups in total. The lowest BCUT2D eigenvalue weighted by atomic mass is 10.0. The molecule has 18 heavy (non-hydrogen) atoms. The van der Waals surface area contributed by atoms with Crippen molar-refractivity contribution in [2.45, 2.75) is 37.8 Å². The predicted octanol–water partition coefficient (Wildman–Crippen LogP) is 3.16. The largest absolute Gasteiger partial charge is 0.368 e. The highest BCUT2D eigenvalue weighted by Gasteiger charge is 2.25. The summed E-state index contributed by atoms with van der Waals surface area (Å²) < 4.78 is 0.889. The van der Waals surface area contributed by atoms with Crippen molar-refractivity contribution < 1.29 is 4.79 Å². The molecule has 1 aromatic rings. The van der Waals surface area contributed by atoms with Gasteiger partial charge in [-0.25, -0.2) is 0 Å². The molecule has 1 fully saturated rings. The van der Waals surface area contributed by atoms with Crippen LogP contribution in [0.15, 0.2) is 22.7 Å². The number of benzene rings is 1. The lowest BCUT2D eigenvalue weighted by molar-refractivity contribution is -0.120. The molecular formula is C13H16BrClN2O. The van der Waals surface area contributed by atoms with Crippen LogP contribution in [0.4, 0.5) is 0 Å². The monoisotopic (exact) mass is 330 g/mol. The molecule has 1 aromatic carbocycles. The first-order valence-corrected chi connectivity index (χ1v) is 7.25. The first-order valence-electron chi connectivity index (χ1n) is 6.08. The molecule has 0 spiro atoms. The lowest BCUT2D eigenvalue weighted by Gasteiger charge is -2.21. The highest BCUT2D eigenvalue weighted by Crippen LogP contribution is 2.28. The Morgan fingerprint density at radius 3 is 2.67 bits per heavy atom. The molecule has 1 saturated carbocycles. The number of carbonyl (C=O) groups excluding carboxylic acids is 1. The first kappa shape index (κ1) is 13.8. The summed E-state index contributed by atoms with van der Waals surface area (Å²) in [6, 6.07) is 5.34. The SMILES string of the molecule is NC(=O)C(NC1CCCC1)c1ccc(Br)cc1Cl. The Bertz CT molecular complexity index is 447. The van der Waals surface area contributed by atoms with Crippen molar-refractivity contribution in [3.63, 3.8) is 0 Å². The third-order valence-corrected chi connectivity index (χ3v) is 4.14. The number of hydrogen-bond donors (Lipinski definition) is 2. The van der Waals surface area contributed by atoms with E-state index in [1.54, 1.807) is 6.07 Å². The van der Waals surface area contributed by atoms with E-state index in [0.717, 1.165) is 22.9 Å². The fourth-order valence-electron chi connectivity index (χ4n) is 2.39. The predicted molar refractivity (Wildman–Crippen MR) is 76.5 cm³/mol. The lowest BCUT2D eigenvalue weighted by Crippen LogP contribution is -2.39. The Balaban J connectivity index is 2.20. The molecule has 2 rings (SSSR count). The molecule has 0 aliphatic heterocycles. The van der Waals surface area contributed by atoms with E-state index < -0.39 is 6.04 Å². The van der Waals surface area contributed by atoms with Crippen LogP contribution in [-0.4, -0.2) is 11.9 Å². The van der Waals surface area contributed by atoms with Crippen molar-refractivity contribution in [3.05, 3.63) is 33.3 Å². The zero-order valence-electron chi connectivity index (χ0n) is 9.96. The van der Waals surface area contributed by atoms with Gasteiger partial charge in [-0.3, -0.25) is 10.1 Å². The summed E-state index contributed by atoms with van der Waals surface area (Å²) in [5.41, 5.74) is 6.23. The topological polar surface area (TPSA) is 55.1 Å². The van der Waals surface area contributed by atoms with Crippen LogP contribution in [0, 0.1) is 0 Å². The molecule has 98 valence electrons. The van der Waals surface area contributed by atoms with Crippen LogP contribution in [0.25, 0.3) is 0 Å². The summed E-state index contributed by atoms with van der Waals surface area (Å²) in [7, 11) is 0. The average molecular weight is 332 g/mol. The molecule has 1 aliphatic carbocycles. The van der Waals surface area contributed by atoms with Crippen LogP contribution in [0.5, 0.6) is 0 Å². The number of carbonyl (C=O) groups is 1. The summed E-state index contributed by atoms with van der Waals surface area (Å²) in [6.07, 6.45) is 4.60. The highest BCUT2D eigenvalue weighted by molar-refractivity contribution is 9.10. The van der Waals surface area contributed by atoms with E-state index in [-0.39, 0.29) is 5.91 Å². The van der Waals surface area contributed by atoms with Crippen LogP contribution in [0.1, 0.15) is 37.3 Å². The van der Waals surface area contributed by atoms with Gasteiger partial charge in [0.15, 0.2) is 0 Å². The Kier molecular flexibility index (Phi) is 4.65. The molecule has 1 aliphatic rings.